The van der Waals surface area contributed by atoms with E-state index in [2.05, 4.69) is 30.1 Å². The van der Waals surface area contributed by atoms with E-state index in [0.29, 0.717) is 17.9 Å². The molecule has 0 fully saturated rings. The molecule has 146 valence electrons. The van der Waals surface area contributed by atoms with Crippen LogP contribution >= 0.6 is 0 Å². The number of benzene rings is 2. The van der Waals surface area contributed by atoms with Gasteiger partial charge in [-0.25, -0.2) is 0 Å². The van der Waals surface area contributed by atoms with Gasteiger partial charge < -0.3 is 19.4 Å². The van der Waals surface area contributed by atoms with Crippen LogP contribution in [0.15, 0.2) is 36.4 Å². The summed E-state index contributed by atoms with van der Waals surface area (Å²) in [5, 5.41) is 1.30. The molecule has 4 rings (SSSR count). The predicted octanol–water partition coefficient (Wildman–Crippen LogP) is 3.66. The highest BCUT2D eigenvalue weighted by atomic mass is 16.5. The number of hydrogen-bond acceptors (Lipinski definition) is 3. The van der Waals surface area contributed by atoms with Crippen molar-refractivity contribution in [2.75, 3.05) is 27.3 Å². The van der Waals surface area contributed by atoms with E-state index in [1.807, 2.05) is 23.1 Å². The van der Waals surface area contributed by atoms with Crippen molar-refractivity contribution >= 4 is 16.8 Å². The molecular formula is C23H26N2O3. The molecule has 3 aromatic rings. The molecule has 1 amide bonds. The molecule has 0 aliphatic carbocycles. The minimum absolute atomic E-state index is 0.151. The molecule has 1 aromatic heterocycles. The number of aryl methyl sites for hydroxylation is 1. The third-order valence-electron chi connectivity index (χ3n) is 5.57. The number of carbonyl (C=O) groups excluding carboxylic acids is 1. The van der Waals surface area contributed by atoms with E-state index in [1.165, 1.54) is 27.7 Å². The molecule has 5 nitrogen and oxygen atoms in total. The summed E-state index contributed by atoms with van der Waals surface area (Å²) >= 11 is 0. The Morgan fingerprint density at radius 2 is 1.82 bits per heavy atom. The summed E-state index contributed by atoms with van der Waals surface area (Å²) < 4.78 is 10.6. The summed E-state index contributed by atoms with van der Waals surface area (Å²) in [7, 11) is 3.22. The van der Waals surface area contributed by atoms with Gasteiger partial charge in [0.1, 0.15) is 0 Å². The van der Waals surface area contributed by atoms with Gasteiger partial charge in [-0.3, -0.25) is 4.79 Å². The topological polar surface area (TPSA) is 54.6 Å². The van der Waals surface area contributed by atoms with Crippen LogP contribution in [-0.4, -0.2) is 43.1 Å². The normalized spacial score (nSPS) is 13.9. The summed E-state index contributed by atoms with van der Waals surface area (Å²) in [5.41, 5.74) is 6.02. The van der Waals surface area contributed by atoms with Crippen molar-refractivity contribution in [3.8, 4) is 11.5 Å². The van der Waals surface area contributed by atoms with E-state index in [1.54, 1.807) is 14.2 Å². The molecule has 0 unspecified atom stereocenters. The fourth-order valence-electron chi connectivity index (χ4n) is 4.05. The lowest BCUT2D eigenvalue weighted by molar-refractivity contribution is -0.130. The molecule has 1 aliphatic heterocycles. The van der Waals surface area contributed by atoms with Gasteiger partial charge in [0.05, 0.1) is 20.6 Å². The lowest BCUT2D eigenvalue weighted by atomic mass is 10.1. The van der Waals surface area contributed by atoms with E-state index in [4.69, 9.17) is 9.47 Å². The Hall–Kier alpha value is -2.95. The largest absolute Gasteiger partial charge is 0.493 e. The summed E-state index contributed by atoms with van der Waals surface area (Å²) in [6.07, 6.45) is 2.12. The van der Waals surface area contributed by atoms with Gasteiger partial charge in [0, 0.05) is 36.1 Å². The van der Waals surface area contributed by atoms with Crippen molar-refractivity contribution in [2.24, 2.45) is 0 Å². The summed E-state index contributed by atoms with van der Waals surface area (Å²) in [5.74, 6) is 1.48. The molecule has 5 heteroatoms. The lowest BCUT2D eigenvalue weighted by Gasteiger charge is -2.20. The number of hydrogen-bond donors (Lipinski definition) is 1. The summed E-state index contributed by atoms with van der Waals surface area (Å²) in [6, 6.07) is 12.2. The number of ether oxygens (including phenoxy) is 2. The van der Waals surface area contributed by atoms with Crippen molar-refractivity contribution in [2.45, 2.75) is 26.2 Å². The maximum Gasteiger partial charge on any atom is 0.227 e. The van der Waals surface area contributed by atoms with Crippen LogP contribution in [0, 0.1) is 6.92 Å². The zero-order valence-electron chi connectivity index (χ0n) is 16.7. The highest BCUT2D eigenvalue weighted by Gasteiger charge is 2.22. The molecule has 0 atom stereocenters. The van der Waals surface area contributed by atoms with Crippen molar-refractivity contribution in [1.82, 2.24) is 9.88 Å². The molecule has 2 heterocycles. The van der Waals surface area contributed by atoms with Gasteiger partial charge in [0.15, 0.2) is 11.5 Å². The molecule has 1 N–H and O–H groups in total. The van der Waals surface area contributed by atoms with Crippen LogP contribution in [0.3, 0.4) is 0 Å². The SMILES string of the molecule is COc1ccc(CC(=O)N2CCc3[nH]c4ccc(C)cc4c3CC2)cc1OC. The molecule has 0 saturated heterocycles. The monoisotopic (exact) mass is 378 g/mol. The third-order valence-corrected chi connectivity index (χ3v) is 5.57. The lowest BCUT2D eigenvalue weighted by Crippen LogP contribution is -2.34. The first-order valence-corrected chi connectivity index (χ1v) is 9.68. The smallest absolute Gasteiger partial charge is 0.227 e. The van der Waals surface area contributed by atoms with Gasteiger partial charge in [0.25, 0.3) is 0 Å². The Balaban J connectivity index is 1.48. The Morgan fingerprint density at radius 1 is 1.04 bits per heavy atom. The van der Waals surface area contributed by atoms with E-state index in [9.17, 15) is 4.79 Å². The second kappa shape index (κ2) is 7.58. The van der Waals surface area contributed by atoms with Crippen LogP contribution in [0.1, 0.15) is 22.4 Å². The Bertz CT molecular complexity index is 1020. The minimum Gasteiger partial charge on any atom is -0.493 e. The van der Waals surface area contributed by atoms with Crippen LogP contribution in [0.2, 0.25) is 0 Å². The van der Waals surface area contributed by atoms with E-state index in [0.717, 1.165) is 31.5 Å². The van der Waals surface area contributed by atoms with Crippen molar-refractivity contribution in [3.63, 3.8) is 0 Å². The Morgan fingerprint density at radius 3 is 2.61 bits per heavy atom. The predicted molar refractivity (Wildman–Crippen MR) is 110 cm³/mol. The highest BCUT2D eigenvalue weighted by Crippen LogP contribution is 2.29. The quantitative estimate of drug-likeness (QED) is 0.754. The minimum atomic E-state index is 0.151. The Labute approximate surface area is 165 Å². The maximum atomic E-state index is 12.9. The number of H-pyrrole nitrogens is 1. The number of methoxy groups -OCH3 is 2. The second-order valence-electron chi connectivity index (χ2n) is 7.38. The van der Waals surface area contributed by atoms with Gasteiger partial charge in [-0.05, 0) is 48.7 Å². The summed E-state index contributed by atoms with van der Waals surface area (Å²) in [6.45, 7) is 3.61. The van der Waals surface area contributed by atoms with Crippen LogP contribution in [0.5, 0.6) is 11.5 Å². The van der Waals surface area contributed by atoms with Crippen LogP contribution in [-0.2, 0) is 24.1 Å². The number of amides is 1. The Kier molecular flexibility index (Phi) is 4.99. The van der Waals surface area contributed by atoms with E-state index < -0.39 is 0 Å². The van der Waals surface area contributed by atoms with Crippen LogP contribution in [0.25, 0.3) is 10.9 Å². The van der Waals surface area contributed by atoms with Crippen molar-refractivity contribution in [1.29, 1.82) is 0 Å². The first kappa shape index (κ1) is 18.4. The molecule has 2 aromatic carbocycles. The molecule has 0 bridgehead atoms. The molecular weight excluding hydrogens is 352 g/mol. The molecule has 0 saturated carbocycles. The molecule has 1 aliphatic rings. The van der Waals surface area contributed by atoms with Crippen molar-refractivity contribution in [3.05, 3.63) is 58.8 Å². The van der Waals surface area contributed by atoms with Crippen LogP contribution in [0.4, 0.5) is 0 Å². The number of nitrogens with zero attached hydrogens (tertiary/aromatic N) is 1. The van der Waals surface area contributed by atoms with E-state index >= 15 is 0 Å². The number of aromatic amines is 1. The average Bonchev–Trinajstić information content (AvgIpc) is 2.90. The fraction of sp³-hybridized carbons (Fsp3) is 0.348. The first-order chi connectivity index (χ1) is 13.6. The first-order valence-electron chi connectivity index (χ1n) is 9.68. The highest BCUT2D eigenvalue weighted by molar-refractivity contribution is 5.86. The maximum absolute atomic E-state index is 12.9. The van der Waals surface area contributed by atoms with Gasteiger partial charge >= 0.3 is 0 Å². The number of aromatic nitrogens is 1. The number of carbonyl (C=O) groups is 1. The van der Waals surface area contributed by atoms with Gasteiger partial charge in [-0.2, -0.15) is 0 Å². The van der Waals surface area contributed by atoms with Gasteiger partial charge in [0.2, 0.25) is 5.91 Å². The standard InChI is InChI=1S/C23H26N2O3/c1-15-4-6-19-18(12-15)17-8-10-25(11-9-20(17)24-19)23(26)14-16-5-7-21(27-2)22(13-16)28-3/h4-7,12-13,24H,8-11,14H2,1-3H3. The zero-order chi connectivity index (χ0) is 19.7. The molecule has 28 heavy (non-hydrogen) atoms. The second-order valence-corrected chi connectivity index (χ2v) is 7.38. The van der Waals surface area contributed by atoms with Gasteiger partial charge in [-0.1, -0.05) is 17.7 Å². The number of rotatable bonds is 4. The fourth-order valence-corrected chi connectivity index (χ4v) is 4.05. The zero-order valence-corrected chi connectivity index (χ0v) is 16.7. The third kappa shape index (κ3) is 3.44. The number of nitrogens with one attached hydrogen (secondary N) is 1. The van der Waals surface area contributed by atoms with Crippen LogP contribution < -0.4 is 9.47 Å². The van der Waals surface area contributed by atoms with E-state index in [-0.39, 0.29) is 5.91 Å². The molecule has 0 radical (unpaired) electrons. The molecule has 0 spiro atoms. The average molecular weight is 378 g/mol. The van der Waals surface area contributed by atoms with Crippen molar-refractivity contribution < 1.29 is 14.3 Å². The van der Waals surface area contributed by atoms with Gasteiger partial charge in [-0.15, -0.1) is 0 Å². The number of fused-ring (bicyclic) bond motifs is 3. The summed E-state index contributed by atoms with van der Waals surface area (Å²) in [4.78, 5) is 18.4.